The van der Waals surface area contributed by atoms with Crippen LogP contribution in [-0.2, 0) is 4.74 Å². The van der Waals surface area contributed by atoms with Crippen LogP contribution >= 0.6 is 0 Å². The molecular formula is C11H16N2O2. The monoisotopic (exact) mass is 208 g/mol. The van der Waals surface area contributed by atoms with Gasteiger partial charge in [-0.3, -0.25) is 0 Å². The third-order valence-corrected chi connectivity index (χ3v) is 2.58. The maximum absolute atomic E-state index is 5.94. The van der Waals surface area contributed by atoms with Crippen molar-refractivity contribution in [3.8, 4) is 5.75 Å². The zero-order chi connectivity index (χ0) is 10.7. The summed E-state index contributed by atoms with van der Waals surface area (Å²) in [5, 5.41) is 3.35. The second-order valence-electron chi connectivity index (χ2n) is 3.63. The zero-order valence-electron chi connectivity index (χ0n) is 8.82. The van der Waals surface area contributed by atoms with Crippen molar-refractivity contribution >= 4 is 11.4 Å². The highest BCUT2D eigenvalue weighted by Crippen LogP contribution is 2.30. The van der Waals surface area contributed by atoms with Gasteiger partial charge in [-0.1, -0.05) is 6.07 Å². The van der Waals surface area contributed by atoms with Gasteiger partial charge in [-0.2, -0.15) is 0 Å². The standard InChI is InChI=1S/C11H16N2O2/c1-14-10-4-2-3-9(11(10)12)13-8-5-6-15-7-8/h2-4,8,13H,5-7,12H2,1H3. The van der Waals surface area contributed by atoms with Crippen LogP contribution in [0.3, 0.4) is 0 Å². The molecule has 0 amide bonds. The van der Waals surface area contributed by atoms with E-state index in [0.29, 0.717) is 17.5 Å². The molecule has 1 aliphatic rings. The van der Waals surface area contributed by atoms with Gasteiger partial charge >= 0.3 is 0 Å². The lowest BCUT2D eigenvalue weighted by molar-refractivity contribution is 0.195. The Bertz CT molecular complexity index is 335. The van der Waals surface area contributed by atoms with Crippen LogP contribution in [0.2, 0.25) is 0 Å². The minimum absolute atomic E-state index is 0.361. The van der Waals surface area contributed by atoms with Crippen molar-refractivity contribution in [2.45, 2.75) is 12.5 Å². The van der Waals surface area contributed by atoms with Gasteiger partial charge in [0.05, 0.1) is 31.1 Å². The first-order valence-electron chi connectivity index (χ1n) is 5.08. The second kappa shape index (κ2) is 4.40. The van der Waals surface area contributed by atoms with Gasteiger partial charge < -0.3 is 20.5 Å². The summed E-state index contributed by atoms with van der Waals surface area (Å²) in [4.78, 5) is 0. The van der Waals surface area contributed by atoms with Gasteiger partial charge in [0.15, 0.2) is 0 Å². The van der Waals surface area contributed by atoms with Crippen molar-refractivity contribution in [3.05, 3.63) is 18.2 Å². The molecule has 1 aromatic rings. The molecule has 4 heteroatoms. The first-order chi connectivity index (χ1) is 7.31. The molecule has 0 bridgehead atoms. The predicted molar refractivity (Wildman–Crippen MR) is 60.3 cm³/mol. The van der Waals surface area contributed by atoms with Crippen molar-refractivity contribution in [2.75, 3.05) is 31.4 Å². The van der Waals surface area contributed by atoms with Crippen LogP contribution in [0.5, 0.6) is 5.75 Å². The molecule has 3 N–H and O–H groups in total. The Morgan fingerprint density at radius 2 is 2.40 bits per heavy atom. The van der Waals surface area contributed by atoms with Gasteiger partial charge in [-0.05, 0) is 18.6 Å². The van der Waals surface area contributed by atoms with Gasteiger partial charge in [-0.25, -0.2) is 0 Å². The Hall–Kier alpha value is -1.42. The minimum atomic E-state index is 0.361. The number of rotatable bonds is 3. The Kier molecular flexibility index (Phi) is 2.97. The van der Waals surface area contributed by atoms with Crippen molar-refractivity contribution in [1.82, 2.24) is 0 Å². The van der Waals surface area contributed by atoms with Crippen LogP contribution in [0.4, 0.5) is 11.4 Å². The Morgan fingerprint density at radius 1 is 1.53 bits per heavy atom. The molecule has 1 unspecified atom stereocenters. The molecule has 1 aliphatic heterocycles. The normalized spacial score (nSPS) is 20.2. The summed E-state index contributed by atoms with van der Waals surface area (Å²) in [6.07, 6.45) is 1.02. The maximum Gasteiger partial charge on any atom is 0.143 e. The lowest BCUT2D eigenvalue weighted by Gasteiger charge is -2.15. The maximum atomic E-state index is 5.94. The highest BCUT2D eigenvalue weighted by molar-refractivity contribution is 5.73. The summed E-state index contributed by atoms with van der Waals surface area (Å²) in [5.74, 6) is 0.707. The van der Waals surface area contributed by atoms with Gasteiger partial charge in [0, 0.05) is 6.61 Å². The fraction of sp³-hybridized carbons (Fsp3) is 0.455. The molecule has 1 fully saturated rings. The molecule has 82 valence electrons. The van der Waals surface area contributed by atoms with Crippen molar-refractivity contribution in [1.29, 1.82) is 0 Å². The molecule has 4 nitrogen and oxygen atoms in total. The minimum Gasteiger partial charge on any atom is -0.495 e. The average Bonchev–Trinajstić information content (AvgIpc) is 2.74. The van der Waals surface area contributed by atoms with E-state index in [-0.39, 0.29) is 0 Å². The Morgan fingerprint density at radius 3 is 3.07 bits per heavy atom. The lowest BCUT2D eigenvalue weighted by Crippen LogP contribution is -2.19. The molecular weight excluding hydrogens is 192 g/mol. The zero-order valence-corrected chi connectivity index (χ0v) is 8.82. The van der Waals surface area contributed by atoms with E-state index >= 15 is 0 Å². The van der Waals surface area contributed by atoms with Gasteiger partial charge in [0.25, 0.3) is 0 Å². The first kappa shape index (κ1) is 10.1. The van der Waals surface area contributed by atoms with Crippen LogP contribution in [0.15, 0.2) is 18.2 Å². The molecule has 2 rings (SSSR count). The molecule has 0 aliphatic carbocycles. The molecule has 1 aromatic carbocycles. The number of nitrogen functional groups attached to an aromatic ring is 1. The second-order valence-corrected chi connectivity index (χ2v) is 3.63. The lowest BCUT2D eigenvalue weighted by atomic mass is 10.2. The molecule has 15 heavy (non-hydrogen) atoms. The Labute approximate surface area is 89.4 Å². The molecule has 1 atom stereocenters. The number of ether oxygens (including phenoxy) is 2. The summed E-state index contributed by atoms with van der Waals surface area (Å²) < 4.78 is 10.4. The van der Waals surface area contributed by atoms with Gasteiger partial charge in [0.1, 0.15) is 5.75 Å². The van der Waals surface area contributed by atoms with Crippen molar-refractivity contribution in [2.24, 2.45) is 0 Å². The smallest absolute Gasteiger partial charge is 0.143 e. The van der Waals surface area contributed by atoms with Crippen LogP contribution in [0.1, 0.15) is 6.42 Å². The fourth-order valence-electron chi connectivity index (χ4n) is 1.72. The van der Waals surface area contributed by atoms with E-state index in [1.165, 1.54) is 0 Å². The summed E-state index contributed by atoms with van der Waals surface area (Å²) in [6, 6.07) is 6.09. The van der Waals surface area contributed by atoms with Crippen LogP contribution in [0, 0.1) is 0 Å². The molecule has 0 aromatic heterocycles. The highest BCUT2D eigenvalue weighted by atomic mass is 16.5. The van der Waals surface area contributed by atoms with E-state index in [1.807, 2.05) is 18.2 Å². The predicted octanol–water partition coefficient (Wildman–Crippen LogP) is 1.48. The van der Waals surface area contributed by atoms with E-state index in [0.717, 1.165) is 25.3 Å². The number of hydrogen-bond acceptors (Lipinski definition) is 4. The van der Waals surface area contributed by atoms with E-state index in [1.54, 1.807) is 7.11 Å². The largest absolute Gasteiger partial charge is 0.495 e. The Balaban J connectivity index is 2.13. The SMILES string of the molecule is COc1cccc(NC2CCOC2)c1N. The van der Waals surface area contributed by atoms with Gasteiger partial charge in [0.2, 0.25) is 0 Å². The number of nitrogens with one attached hydrogen (secondary N) is 1. The third-order valence-electron chi connectivity index (χ3n) is 2.58. The van der Waals surface area contributed by atoms with E-state index in [2.05, 4.69) is 5.32 Å². The number of nitrogens with two attached hydrogens (primary N) is 1. The van der Waals surface area contributed by atoms with Crippen LogP contribution in [-0.4, -0.2) is 26.4 Å². The van der Waals surface area contributed by atoms with E-state index in [9.17, 15) is 0 Å². The van der Waals surface area contributed by atoms with Crippen molar-refractivity contribution in [3.63, 3.8) is 0 Å². The molecule has 0 saturated carbocycles. The molecule has 1 heterocycles. The average molecular weight is 208 g/mol. The van der Waals surface area contributed by atoms with E-state index in [4.69, 9.17) is 15.2 Å². The number of hydrogen-bond donors (Lipinski definition) is 2. The third kappa shape index (κ3) is 2.15. The summed E-state index contributed by atoms with van der Waals surface area (Å²) >= 11 is 0. The summed E-state index contributed by atoms with van der Waals surface area (Å²) in [5.41, 5.74) is 7.52. The van der Waals surface area contributed by atoms with Crippen molar-refractivity contribution < 1.29 is 9.47 Å². The topological polar surface area (TPSA) is 56.5 Å². The molecule has 0 spiro atoms. The van der Waals surface area contributed by atoms with Crippen LogP contribution < -0.4 is 15.8 Å². The summed E-state index contributed by atoms with van der Waals surface area (Å²) in [7, 11) is 1.62. The van der Waals surface area contributed by atoms with Crippen LogP contribution in [0.25, 0.3) is 0 Å². The first-order valence-corrected chi connectivity index (χ1v) is 5.08. The molecule has 0 radical (unpaired) electrons. The number of benzene rings is 1. The fourth-order valence-corrected chi connectivity index (χ4v) is 1.72. The number of methoxy groups -OCH3 is 1. The summed E-state index contributed by atoms with van der Waals surface area (Å²) in [6.45, 7) is 1.57. The number of para-hydroxylation sites is 1. The van der Waals surface area contributed by atoms with E-state index < -0.39 is 0 Å². The molecule has 1 saturated heterocycles. The quantitative estimate of drug-likeness (QED) is 0.739. The highest BCUT2D eigenvalue weighted by Gasteiger charge is 2.16. The van der Waals surface area contributed by atoms with Gasteiger partial charge in [-0.15, -0.1) is 0 Å². The number of anilines is 2.